The van der Waals surface area contributed by atoms with E-state index in [-0.39, 0.29) is 0 Å². The molecular weight excluding hydrogens is 218 g/mol. The summed E-state index contributed by atoms with van der Waals surface area (Å²) in [5.41, 5.74) is 0.367. The van der Waals surface area contributed by atoms with E-state index in [2.05, 4.69) is 6.07 Å². The first-order chi connectivity index (χ1) is 7.78. The van der Waals surface area contributed by atoms with Gasteiger partial charge < -0.3 is 5.11 Å². The number of rotatable bonds is 2. The molecule has 0 bridgehead atoms. The Labute approximate surface area is 101 Å². The fourth-order valence-electron chi connectivity index (χ4n) is 2.56. The Kier molecular flexibility index (Phi) is 3.63. The van der Waals surface area contributed by atoms with Crippen molar-refractivity contribution in [1.82, 2.24) is 0 Å². The number of thiophene rings is 1. The molecule has 0 radical (unpaired) electrons. The van der Waals surface area contributed by atoms with Gasteiger partial charge in [0.15, 0.2) is 0 Å². The van der Waals surface area contributed by atoms with Gasteiger partial charge in [0, 0.05) is 0 Å². The first kappa shape index (κ1) is 11.6. The van der Waals surface area contributed by atoms with Gasteiger partial charge in [-0.15, -0.1) is 0 Å². The predicted molar refractivity (Wildman–Crippen MR) is 65.0 cm³/mol. The number of aliphatic hydroxyl groups excluding tert-OH is 1. The van der Waals surface area contributed by atoms with Gasteiger partial charge in [0.1, 0.15) is 0 Å². The summed E-state index contributed by atoms with van der Waals surface area (Å²) in [5.74, 6) is 0. The zero-order valence-electron chi connectivity index (χ0n) is 9.35. The Morgan fingerprint density at radius 2 is 2.00 bits per heavy atom. The number of hydrogen-bond donors (Lipinski definition) is 1. The monoisotopic (exact) mass is 235 g/mol. The van der Waals surface area contributed by atoms with E-state index in [0.717, 1.165) is 31.2 Å². The van der Waals surface area contributed by atoms with Gasteiger partial charge in [-0.05, 0) is 35.2 Å². The molecular formula is C13H17NOS. The largest absolute Gasteiger partial charge is 0.387 e. The van der Waals surface area contributed by atoms with Crippen LogP contribution >= 0.6 is 11.3 Å². The summed E-state index contributed by atoms with van der Waals surface area (Å²) in [6.07, 6.45) is 5.58. The van der Waals surface area contributed by atoms with Crippen LogP contribution in [0.15, 0.2) is 16.8 Å². The van der Waals surface area contributed by atoms with Crippen molar-refractivity contribution in [2.24, 2.45) is 5.41 Å². The maximum atomic E-state index is 10.4. The molecule has 0 aromatic carbocycles. The molecule has 1 saturated carbocycles. The third-order valence-corrected chi connectivity index (χ3v) is 4.30. The summed E-state index contributed by atoms with van der Waals surface area (Å²) in [6, 6.07) is 4.33. The Hall–Kier alpha value is -0.850. The fourth-order valence-corrected chi connectivity index (χ4v) is 3.23. The Morgan fingerprint density at radius 3 is 2.50 bits per heavy atom. The molecule has 3 heteroatoms. The molecule has 2 rings (SSSR count). The van der Waals surface area contributed by atoms with Crippen LogP contribution in [-0.4, -0.2) is 5.11 Å². The number of aliphatic hydroxyl groups is 1. The molecule has 1 atom stereocenters. The minimum Gasteiger partial charge on any atom is -0.387 e. The molecule has 0 amide bonds. The first-order valence-electron chi connectivity index (χ1n) is 5.90. The van der Waals surface area contributed by atoms with Gasteiger partial charge in [-0.1, -0.05) is 25.7 Å². The standard InChI is InChI=1S/C13H17NOS/c14-10-13(6-3-1-2-4-7-13)12(15)11-5-8-16-9-11/h5,8-9,12,15H,1-4,6-7H2. The summed E-state index contributed by atoms with van der Waals surface area (Å²) in [4.78, 5) is 0. The highest BCUT2D eigenvalue weighted by atomic mass is 32.1. The van der Waals surface area contributed by atoms with Crippen LogP contribution in [-0.2, 0) is 0 Å². The average Bonchev–Trinajstić information content (AvgIpc) is 2.73. The normalized spacial score (nSPS) is 22.0. The number of hydrogen-bond acceptors (Lipinski definition) is 3. The third-order valence-electron chi connectivity index (χ3n) is 3.60. The molecule has 1 N–H and O–H groups in total. The minimum absolute atomic E-state index is 0.544. The van der Waals surface area contributed by atoms with Crippen LogP contribution in [0, 0.1) is 16.7 Å². The van der Waals surface area contributed by atoms with Crippen molar-refractivity contribution in [1.29, 1.82) is 5.26 Å². The molecule has 1 unspecified atom stereocenters. The van der Waals surface area contributed by atoms with Crippen LogP contribution in [0.2, 0.25) is 0 Å². The van der Waals surface area contributed by atoms with Crippen molar-refractivity contribution in [3.8, 4) is 6.07 Å². The Balaban J connectivity index is 2.23. The van der Waals surface area contributed by atoms with Crippen LogP contribution in [0.3, 0.4) is 0 Å². The predicted octanol–water partition coefficient (Wildman–Crippen LogP) is 3.65. The van der Waals surface area contributed by atoms with Crippen LogP contribution in [0.25, 0.3) is 0 Å². The second-order valence-corrected chi connectivity index (χ2v) is 5.42. The lowest BCUT2D eigenvalue weighted by Gasteiger charge is -2.30. The highest BCUT2D eigenvalue weighted by Gasteiger charge is 2.39. The zero-order valence-corrected chi connectivity index (χ0v) is 10.2. The van der Waals surface area contributed by atoms with Gasteiger partial charge >= 0.3 is 0 Å². The van der Waals surface area contributed by atoms with Crippen LogP contribution in [0.4, 0.5) is 0 Å². The molecule has 1 aromatic rings. The smallest absolute Gasteiger partial charge is 0.0984 e. The minimum atomic E-state index is -0.609. The van der Waals surface area contributed by atoms with Crippen molar-refractivity contribution >= 4 is 11.3 Å². The summed E-state index contributed by atoms with van der Waals surface area (Å²) in [6.45, 7) is 0. The molecule has 0 spiro atoms. The van der Waals surface area contributed by atoms with Crippen LogP contribution in [0.1, 0.15) is 50.2 Å². The summed E-state index contributed by atoms with van der Waals surface area (Å²) in [7, 11) is 0. The van der Waals surface area contributed by atoms with E-state index in [4.69, 9.17) is 0 Å². The first-order valence-corrected chi connectivity index (χ1v) is 6.84. The van der Waals surface area contributed by atoms with Gasteiger partial charge in [0.25, 0.3) is 0 Å². The van der Waals surface area contributed by atoms with Crippen molar-refractivity contribution in [3.05, 3.63) is 22.4 Å². The molecule has 1 aliphatic rings. The van der Waals surface area contributed by atoms with Gasteiger partial charge in [-0.25, -0.2) is 0 Å². The van der Waals surface area contributed by atoms with Gasteiger partial charge in [-0.2, -0.15) is 16.6 Å². The van der Waals surface area contributed by atoms with E-state index >= 15 is 0 Å². The fraction of sp³-hybridized carbons (Fsp3) is 0.615. The van der Waals surface area contributed by atoms with Crippen molar-refractivity contribution in [2.75, 3.05) is 0 Å². The maximum absolute atomic E-state index is 10.4. The summed E-state index contributed by atoms with van der Waals surface area (Å²) >= 11 is 1.58. The molecule has 1 heterocycles. The molecule has 1 fully saturated rings. The lowest BCUT2D eigenvalue weighted by atomic mass is 9.75. The van der Waals surface area contributed by atoms with E-state index in [0.29, 0.717) is 0 Å². The highest BCUT2D eigenvalue weighted by Crippen LogP contribution is 2.44. The summed E-state index contributed by atoms with van der Waals surface area (Å²) < 4.78 is 0. The Bertz CT molecular complexity index is 358. The highest BCUT2D eigenvalue weighted by molar-refractivity contribution is 7.07. The van der Waals surface area contributed by atoms with Gasteiger partial charge in [-0.3, -0.25) is 0 Å². The van der Waals surface area contributed by atoms with Crippen molar-refractivity contribution in [2.45, 2.75) is 44.6 Å². The van der Waals surface area contributed by atoms with E-state index in [1.807, 2.05) is 16.8 Å². The molecule has 2 nitrogen and oxygen atoms in total. The van der Waals surface area contributed by atoms with Crippen LogP contribution in [0.5, 0.6) is 0 Å². The third kappa shape index (κ3) is 2.14. The SMILES string of the molecule is N#CC1(C(O)c2ccsc2)CCCCCC1. The molecule has 16 heavy (non-hydrogen) atoms. The summed E-state index contributed by atoms with van der Waals surface area (Å²) in [5, 5.41) is 23.7. The van der Waals surface area contributed by atoms with E-state index in [1.54, 1.807) is 11.3 Å². The second-order valence-electron chi connectivity index (χ2n) is 4.64. The second kappa shape index (κ2) is 4.99. The van der Waals surface area contributed by atoms with Gasteiger partial charge in [0.05, 0.1) is 17.6 Å². The zero-order chi connectivity index (χ0) is 11.4. The molecule has 1 aromatic heterocycles. The maximum Gasteiger partial charge on any atom is 0.0984 e. The van der Waals surface area contributed by atoms with E-state index in [9.17, 15) is 10.4 Å². The van der Waals surface area contributed by atoms with E-state index < -0.39 is 11.5 Å². The number of nitrogens with zero attached hydrogens (tertiary/aromatic N) is 1. The lowest BCUT2D eigenvalue weighted by Crippen LogP contribution is -2.26. The molecule has 0 aliphatic heterocycles. The Morgan fingerprint density at radius 1 is 1.31 bits per heavy atom. The molecule has 86 valence electrons. The van der Waals surface area contributed by atoms with E-state index in [1.165, 1.54) is 12.8 Å². The quantitative estimate of drug-likeness (QED) is 0.795. The lowest BCUT2D eigenvalue weighted by molar-refractivity contribution is 0.0520. The molecule has 1 aliphatic carbocycles. The van der Waals surface area contributed by atoms with Crippen LogP contribution < -0.4 is 0 Å². The number of nitriles is 1. The average molecular weight is 235 g/mol. The van der Waals surface area contributed by atoms with Gasteiger partial charge in [0.2, 0.25) is 0 Å². The topological polar surface area (TPSA) is 44.0 Å². The van der Waals surface area contributed by atoms with Crippen molar-refractivity contribution < 1.29 is 5.11 Å². The van der Waals surface area contributed by atoms with Crippen molar-refractivity contribution in [3.63, 3.8) is 0 Å². The molecule has 0 saturated heterocycles.